The van der Waals surface area contributed by atoms with E-state index in [1.807, 2.05) is 52.0 Å². The number of fused-ring (bicyclic) bond motifs is 1. The van der Waals surface area contributed by atoms with Gasteiger partial charge in [-0.1, -0.05) is 49.8 Å². The standard InChI is InChI=1S/C18H19ClN2O2S/c1-11-7-8-13(19)15-14(11)20-17(24-15)21(16(22)18(2,3)4)10-12-6-5-9-23-12/h5-9H,10H2,1-4H3. The summed E-state index contributed by atoms with van der Waals surface area (Å²) in [6.45, 7) is 8.03. The number of halogens is 1. The first-order valence-electron chi connectivity index (χ1n) is 7.67. The maximum Gasteiger partial charge on any atom is 0.234 e. The van der Waals surface area contributed by atoms with Gasteiger partial charge >= 0.3 is 0 Å². The van der Waals surface area contributed by atoms with Gasteiger partial charge in [-0.3, -0.25) is 9.69 Å². The summed E-state index contributed by atoms with van der Waals surface area (Å²) in [5.74, 6) is 0.710. The lowest BCUT2D eigenvalue weighted by Crippen LogP contribution is -2.39. The van der Waals surface area contributed by atoms with E-state index in [9.17, 15) is 4.79 Å². The van der Waals surface area contributed by atoms with Gasteiger partial charge in [0.25, 0.3) is 0 Å². The molecule has 0 saturated heterocycles. The van der Waals surface area contributed by atoms with Crippen LogP contribution in [-0.4, -0.2) is 10.9 Å². The number of hydrogen-bond acceptors (Lipinski definition) is 4. The Hall–Kier alpha value is -1.85. The highest BCUT2D eigenvalue weighted by Gasteiger charge is 2.31. The van der Waals surface area contributed by atoms with E-state index in [1.165, 1.54) is 11.3 Å². The van der Waals surface area contributed by atoms with Gasteiger partial charge in [-0.05, 0) is 30.7 Å². The van der Waals surface area contributed by atoms with Crippen LogP contribution >= 0.6 is 22.9 Å². The number of thiazole rings is 1. The Bertz CT molecular complexity index is 839. The molecule has 24 heavy (non-hydrogen) atoms. The van der Waals surface area contributed by atoms with Gasteiger partial charge in [0.1, 0.15) is 5.76 Å². The minimum absolute atomic E-state index is 0.00766. The van der Waals surface area contributed by atoms with Crippen molar-refractivity contribution in [1.29, 1.82) is 0 Å². The highest BCUT2D eigenvalue weighted by atomic mass is 35.5. The number of benzene rings is 1. The number of aryl methyl sites for hydroxylation is 1. The second kappa shape index (κ2) is 6.22. The molecule has 0 spiro atoms. The number of rotatable bonds is 3. The molecule has 2 aromatic heterocycles. The average Bonchev–Trinajstić information content (AvgIpc) is 3.16. The summed E-state index contributed by atoms with van der Waals surface area (Å²) in [4.78, 5) is 19.3. The summed E-state index contributed by atoms with van der Waals surface area (Å²) in [5.41, 5.74) is 1.36. The molecule has 126 valence electrons. The van der Waals surface area contributed by atoms with Crippen molar-refractivity contribution in [3.63, 3.8) is 0 Å². The fraction of sp³-hybridized carbons (Fsp3) is 0.333. The number of amides is 1. The molecular weight excluding hydrogens is 344 g/mol. The molecule has 0 aliphatic carbocycles. The Kier molecular flexibility index (Phi) is 4.40. The smallest absolute Gasteiger partial charge is 0.234 e. The number of carbonyl (C=O) groups is 1. The third kappa shape index (κ3) is 3.19. The van der Waals surface area contributed by atoms with Crippen LogP contribution < -0.4 is 4.90 Å². The van der Waals surface area contributed by atoms with Crippen molar-refractivity contribution in [3.05, 3.63) is 46.9 Å². The molecule has 1 aromatic carbocycles. The maximum absolute atomic E-state index is 13.0. The van der Waals surface area contributed by atoms with Gasteiger partial charge < -0.3 is 4.42 Å². The molecule has 0 N–H and O–H groups in total. The summed E-state index contributed by atoms with van der Waals surface area (Å²) in [7, 11) is 0. The molecule has 0 atom stereocenters. The molecule has 0 aliphatic rings. The van der Waals surface area contributed by atoms with Crippen LogP contribution in [0.4, 0.5) is 5.13 Å². The summed E-state index contributed by atoms with van der Waals surface area (Å²) in [6, 6.07) is 7.48. The van der Waals surface area contributed by atoms with Crippen LogP contribution in [-0.2, 0) is 11.3 Å². The zero-order valence-corrected chi connectivity index (χ0v) is 15.7. The minimum Gasteiger partial charge on any atom is -0.467 e. The fourth-order valence-corrected chi connectivity index (χ4v) is 3.71. The maximum atomic E-state index is 13.0. The van der Waals surface area contributed by atoms with Crippen molar-refractivity contribution in [2.75, 3.05) is 4.90 Å². The monoisotopic (exact) mass is 362 g/mol. The van der Waals surface area contributed by atoms with Crippen LogP contribution in [0.2, 0.25) is 5.02 Å². The van der Waals surface area contributed by atoms with Gasteiger partial charge in [0.2, 0.25) is 5.91 Å². The lowest BCUT2D eigenvalue weighted by molar-refractivity contribution is -0.126. The van der Waals surface area contributed by atoms with Crippen LogP contribution in [0.5, 0.6) is 0 Å². The van der Waals surface area contributed by atoms with E-state index in [0.29, 0.717) is 16.7 Å². The summed E-state index contributed by atoms with van der Waals surface area (Å²) in [6.07, 6.45) is 1.61. The third-order valence-electron chi connectivity index (χ3n) is 3.70. The highest BCUT2D eigenvalue weighted by molar-refractivity contribution is 7.23. The molecule has 4 nitrogen and oxygen atoms in total. The Labute approximate surface area is 150 Å². The molecular formula is C18H19ClN2O2S. The summed E-state index contributed by atoms with van der Waals surface area (Å²) < 4.78 is 6.33. The number of aromatic nitrogens is 1. The second-order valence-corrected chi connectivity index (χ2v) is 8.14. The minimum atomic E-state index is -0.525. The van der Waals surface area contributed by atoms with Gasteiger partial charge in [-0.2, -0.15) is 0 Å². The molecule has 0 fully saturated rings. The molecule has 0 radical (unpaired) electrons. The van der Waals surface area contributed by atoms with E-state index in [-0.39, 0.29) is 5.91 Å². The van der Waals surface area contributed by atoms with Crippen molar-refractivity contribution in [2.45, 2.75) is 34.2 Å². The van der Waals surface area contributed by atoms with Crippen LogP contribution in [0.15, 0.2) is 34.9 Å². The Morgan fingerprint density at radius 3 is 2.67 bits per heavy atom. The average molecular weight is 363 g/mol. The number of nitrogens with zero attached hydrogens (tertiary/aromatic N) is 2. The highest BCUT2D eigenvalue weighted by Crippen LogP contribution is 2.37. The number of anilines is 1. The predicted octanol–water partition coefficient (Wildman–Crippen LogP) is 5.43. The lowest BCUT2D eigenvalue weighted by Gasteiger charge is -2.26. The first-order chi connectivity index (χ1) is 11.3. The van der Waals surface area contributed by atoms with Gasteiger partial charge in [0.15, 0.2) is 5.13 Å². The van der Waals surface area contributed by atoms with Crippen molar-refractivity contribution >= 4 is 44.2 Å². The molecule has 0 unspecified atom stereocenters. The topological polar surface area (TPSA) is 46.3 Å². The molecule has 0 aliphatic heterocycles. The summed E-state index contributed by atoms with van der Waals surface area (Å²) in [5, 5.41) is 1.29. The first-order valence-corrected chi connectivity index (χ1v) is 8.87. The Balaban J connectivity index is 2.09. The number of furan rings is 1. The van der Waals surface area contributed by atoms with Crippen LogP contribution in [0, 0.1) is 12.3 Å². The van der Waals surface area contributed by atoms with Gasteiger partial charge in [-0.25, -0.2) is 4.98 Å². The SMILES string of the molecule is Cc1ccc(Cl)c2sc(N(Cc3ccco3)C(=O)C(C)(C)C)nc12. The van der Waals surface area contributed by atoms with E-state index in [4.69, 9.17) is 16.0 Å². The quantitative estimate of drug-likeness (QED) is 0.624. The van der Waals surface area contributed by atoms with Gasteiger partial charge in [0, 0.05) is 5.41 Å². The molecule has 2 heterocycles. The Morgan fingerprint density at radius 1 is 1.33 bits per heavy atom. The van der Waals surface area contributed by atoms with E-state index in [1.54, 1.807) is 11.2 Å². The van der Waals surface area contributed by atoms with Crippen LogP contribution in [0.3, 0.4) is 0 Å². The fourth-order valence-electron chi connectivity index (χ4n) is 2.40. The van der Waals surface area contributed by atoms with Gasteiger partial charge in [-0.15, -0.1) is 0 Å². The molecule has 3 rings (SSSR count). The molecule has 3 aromatic rings. The second-order valence-electron chi connectivity index (χ2n) is 6.76. The molecule has 1 amide bonds. The summed E-state index contributed by atoms with van der Waals surface area (Å²) >= 11 is 7.74. The molecule has 0 bridgehead atoms. The third-order valence-corrected chi connectivity index (χ3v) is 5.24. The molecule has 6 heteroatoms. The van der Waals surface area contributed by atoms with E-state index < -0.39 is 5.41 Å². The van der Waals surface area contributed by atoms with E-state index in [0.717, 1.165) is 21.5 Å². The predicted molar refractivity (Wildman–Crippen MR) is 98.7 cm³/mol. The van der Waals surface area contributed by atoms with Crippen molar-refractivity contribution in [2.24, 2.45) is 5.41 Å². The van der Waals surface area contributed by atoms with Crippen LogP contribution in [0.25, 0.3) is 10.2 Å². The van der Waals surface area contributed by atoms with Crippen molar-refractivity contribution in [3.8, 4) is 0 Å². The van der Waals surface area contributed by atoms with Crippen LogP contribution in [0.1, 0.15) is 32.1 Å². The zero-order chi connectivity index (χ0) is 17.5. The normalized spacial score (nSPS) is 11.9. The lowest BCUT2D eigenvalue weighted by atomic mass is 9.95. The zero-order valence-electron chi connectivity index (χ0n) is 14.1. The Morgan fingerprint density at radius 2 is 2.08 bits per heavy atom. The van der Waals surface area contributed by atoms with E-state index >= 15 is 0 Å². The van der Waals surface area contributed by atoms with E-state index in [2.05, 4.69) is 4.98 Å². The first kappa shape index (κ1) is 17.0. The van der Waals surface area contributed by atoms with Crippen molar-refractivity contribution < 1.29 is 9.21 Å². The molecule has 0 saturated carbocycles. The number of hydrogen-bond donors (Lipinski definition) is 0. The largest absolute Gasteiger partial charge is 0.467 e. The number of carbonyl (C=O) groups excluding carboxylic acids is 1. The van der Waals surface area contributed by atoms with Crippen molar-refractivity contribution in [1.82, 2.24) is 4.98 Å². The van der Waals surface area contributed by atoms with Gasteiger partial charge in [0.05, 0.1) is 28.0 Å².